The SMILES string of the molecule is Cc1ccc(C2=C[C@@]3(C)CCC(=O)[C@]2(C(=O)OC(C)(C)C)O3)cc1. The van der Waals surface area contributed by atoms with Crippen LogP contribution in [-0.4, -0.2) is 28.6 Å². The molecule has 1 fully saturated rings. The molecule has 0 aromatic heterocycles. The van der Waals surface area contributed by atoms with Gasteiger partial charge in [0.2, 0.25) is 5.60 Å². The molecular weight excluding hydrogens is 304 g/mol. The van der Waals surface area contributed by atoms with E-state index in [0.29, 0.717) is 18.4 Å². The molecule has 1 saturated heterocycles. The Kier molecular flexibility index (Phi) is 3.72. The molecule has 24 heavy (non-hydrogen) atoms. The topological polar surface area (TPSA) is 52.6 Å². The van der Waals surface area contributed by atoms with Crippen LogP contribution in [-0.2, 0) is 19.1 Å². The molecule has 0 N–H and O–H groups in total. The van der Waals surface area contributed by atoms with E-state index in [2.05, 4.69) is 0 Å². The Morgan fingerprint density at radius 3 is 2.42 bits per heavy atom. The molecule has 1 aromatic carbocycles. The van der Waals surface area contributed by atoms with E-state index in [-0.39, 0.29) is 5.78 Å². The van der Waals surface area contributed by atoms with E-state index in [1.54, 1.807) is 20.8 Å². The molecule has 4 heteroatoms. The summed E-state index contributed by atoms with van der Waals surface area (Å²) in [7, 11) is 0. The summed E-state index contributed by atoms with van der Waals surface area (Å²) in [6.45, 7) is 9.28. The molecular formula is C20H24O4. The van der Waals surface area contributed by atoms with Gasteiger partial charge < -0.3 is 9.47 Å². The van der Waals surface area contributed by atoms with Gasteiger partial charge in [-0.1, -0.05) is 29.8 Å². The van der Waals surface area contributed by atoms with Crippen LogP contribution in [0.15, 0.2) is 30.3 Å². The number of carbonyl (C=O) groups is 2. The van der Waals surface area contributed by atoms with Crippen LogP contribution in [0.25, 0.3) is 5.57 Å². The third-order valence-electron chi connectivity index (χ3n) is 4.51. The Labute approximate surface area is 142 Å². The average molecular weight is 328 g/mol. The molecule has 2 aliphatic rings. The molecule has 0 aliphatic carbocycles. The number of ketones is 1. The number of ether oxygens (including phenoxy) is 2. The monoisotopic (exact) mass is 328 g/mol. The van der Waals surface area contributed by atoms with Gasteiger partial charge in [-0.25, -0.2) is 4.79 Å². The first kappa shape index (κ1) is 16.9. The van der Waals surface area contributed by atoms with Gasteiger partial charge in [0.1, 0.15) is 5.60 Å². The number of carbonyl (C=O) groups excluding carboxylic acids is 2. The van der Waals surface area contributed by atoms with E-state index in [1.165, 1.54) is 0 Å². The van der Waals surface area contributed by atoms with E-state index in [4.69, 9.17) is 9.47 Å². The maximum absolute atomic E-state index is 13.0. The fourth-order valence-corrected chi connectivity index (χ4v) is 3.34. The van der Waals surface area contributed by atoms with E-state index in [9.17, 15) is 9.59 Å². The number of rotatable bonds is 2. The maximum Gasteiger partial charge on any atom is 0.351 e. The Morgan fingerprint density at radius 1 is 1.21 bits per heavy atom. The largest absolute Gasteiger partial charge is 0.457 e. The summed E-state index contributed by atoms with van der Waals surface area (Å²) in [5, 5.41) is 0. The van der Waals surface area contributed by atoms with Crippen molar-refractivity contribution in [2.45, 2.75) is 64.3 Å². The van der Waals surface area contributed by atoms with Gasteiger partial charge in [0, 0.05) is 12.0 Å². The van der Waals surface area contributed by atoms with Crippen LogP contribution in [0.2, 0.25) is 0 Å². The van der Waals surface area contributed by atoms with Crippen molar-refractivity contribution >= 4 is 17.3 Å². The zero-order valence-electron chi connectivity index (χ0n) is 14.9. The highest BCUT2D eigenvalue weighted by atomic mass is 16.6. The van der Waals surface area contributed by atoms with Crippen molar-refractivity contribution < 1.29 is 19.1 Å². The molecule has 0 unspecified atom stereocenters. The lowest BCUT2D eigenvalue weighted by Crippen LogP contribution is -2.55. The standard InChI is InChI=1S/C20H24O4/c1-13-6-8-14(9-7-13)15-12-19(5)11-10-16(21)20(15,24-19)17(22)23-18(2,3)4/h6-9,12H,10-11H2,1-5H3/t19-,20-/m1/s1. The zero-order valence-corrected chi connectivity index (χ0v) is 14.9. The molecule has 3 rings (SSSR count). The molecule has 0 radical (unpaired) electrons. The first-order chi connectivity index (χ1) is 11.1. The van der Waals surface area contributed by atoms with Crippen molar-refractivity contribution in [1.29, 1.82) is 0 Å². The summed E-state index contributed by atoms with van der Waals surface area (Å²) in [5.74, 6) is -0.839. The minimum atomic E-state index is -1.64. The first-order valence-corrected chi connectivity index (χ1v) is 8.33. The summed E-state index contributed by atoms with van der Waals surface area (Å²) in [4.78, 5) is 25.8. The number of aryl methyl sites for hydroxylation is 1. The Morgan fingerprint density at radius 2 is 1.83 bits per heavy atom. The predicted molar refractivity (Wildman–Crippen MR) is 91.5 cm³/mol. The molecule has 2 heterocycles. The maximum atomic E-state index is 13.0. The number of hydrogen-bond donors (Lipinski definition) is 0. The van der Waals surface area contributed by atoms with Gasteiger partial charge in [0.15, 0.2) is 5.78 Å². The molecule has 128 valence electrons. The van der Waals surface area contributed by atoms with Crippen LogP contribution >= 0.6 is 0 Å². The number of benzene rings is 1. The van der Waals surface area contributed by atoms with Crippen molar-refractivity contribution in [3.05, 3.63) is 41.5 Å². The van der Waals surface area contributed by atoms with Crippen LogP contribution in [0, 0.1) is 6.92 Å². The van der Waals surface area contributed by atoms with Gasteiger partial charge in [-0.15, -0.1) is 0 Å². The number of Topliss-reactive ketones (excluding diaryl/α,β-unsaturated/α-hetero) is 1. The summed E-state index contributed by atoms with van der Waals surface area (Å²) in [5.41, 5.74) is -0.400. The zero-order chi connectivity index (χ0) is 17.8. The molecule has 2 atom stereocenters. The van der Waals surface area contributed by atoms with E-state index >= 15 is 0 Å². The lowest BCUT2D eigenvalue weighted by atomic mass is 9.83. The summed E-state index contributed by atoms with van der Waals surface area (Å²) >= 11 is 0. The van der Waals surface area contributed by atoms with Gasteiger partial charge in [0.25, 0.3) is 0 Å². The van der Waals surface area contributed by atoms with Gasteiger partial charge in [-0.3, -0.25) is 4.79 Å². The third kappa shape index (κ3) is 2.69. The molecule has 4 nitrogen and oxygen atoms in total. The van der Waals surface area contributed by atoms with Gasteiger partial charge in [0.05, 0.1) is 5.60 Å². The lowest BCUT2D eigenvalue weighted by molar-refractivity contribution is -0.192. The van der Waals surface area contributed by atoms with E-state index in [1.807, 2.05) is 44.2 Å². The summed E-state index contributed by atoms with van der Waals surface area (Å²) in [6, 6.07) is 7.78. The second kappa shape index (κ2) is 5.28. The highest BCUT2D eigenvalue weighted by Gasteiger charge is 2.62. The summed E-state index contributed by atoms with van der Waals surface area (Å²) in [6.07, 6.45) is 2.81. The minimum absolute atomic E-state index is 0.224. The van der Waals surface area contributed by atoms with Crippen molar-refractivity contribution in [3.63, 3.8) is 0 Å². The highest BCUT2D eigenvalue weighted by Crippen LogP contribution is 2.50. The fourth-order valence-electron chi connectivity index (χ4n) is 3.34. The van der Waals surface area contributed by atoms with Gasteiger partial charge >= 0.3 is 5.97 Å². The Hall–Kier alpha value is -1.94. The lowest BCUT2D eigenvalue weighted by Gasteiger charge is -2.38. The molecule has 1 aromatic rings. The molecule has 2 aliphatic heterocycles. The first-order valence-electron chi connectivity index (χ1n) is 8.33. The fraction of sp³-hybridized carbons (Fsp3) is 0.500. The predicted octanol–water partition coefficient (Wildman–Crippen LogP) is 3.61. The number of fused-ring (bicyclic) bond motifs is 2. The smallest absolute Gasteiger partial charge is 0.351 e. The van der Waals surface area contributed by atoms with Crippen LogP contribution in [0.3, 0.4) is 0 Å². The average Bonchev–Trinajstić information content (AvgIpc) is 2.74. The second-order valence-electron chi connectivity index (χ2n) is 7.95. The van der Waals surface area contributed by atoms with E-state index < -0.39 is 22.8 Å². The summed E-state index contributed by atoms with van der Waals surface area (Å²) < 4.78 is 11.6. The molecule has 0 amide bonds. The van der Waals surface area contributed by atoms with Gasteiger partial charge in [-0.05, 0) is 52.7 Å². The molecule has 0 saturated carbocycles. The van der Waals surface area contributed by atoms with Crippen LogP contribution in [0.5, 0.6) is 0 Å². The highest BCUT2D eigenvalue weighted by molar-refractivity contribution is 6.20. The number of hydrogen-bond acceptors (Lipinski definition) is 4. The third-order valence-corrected chi connectivity index (χ3v) is 4.51. The van der Waals surface area contributed by atoms with Crippen molar-refractivity contribution in [2.75, 3.05) is 0 Å². The number of esters is 1. The normalized spacial score (nSPS) is 29.4. The minimum Gasteiger partial charge on any atom is -0.457 e. The quantitative estimate of drug-likeness (QED) is 0.615. The van der Waals surface area contributed by atoms with Crippen molar-refractivity contribution in [3.8, 4) is 0 Å². The molecule has 0 spiro atoms. The van der Waals surface area contributed by atoms with Crippen molar-refractivity contribution in [2.24, 2.45) is 0 Å². The van der Waals surface area contributed by atoms with Crippen LogP contribution in [0.1, 0.15) is 51.7 Å². The van der Waals surface area contributed by atoms with Gasteiger partial charge in [-0.2, -0.15) is 0 Å². The second-order valence-corrected chi connectivity index (χ2v) is 7.95. The van der Waals surface area contributed by atoms with Crippen molar-refractivity contribution in [1.82, 2.24) is 0 Å². The van der Waals surface area contributed by atoms with E-state index in [0.717, 1.165) is 11.1 Å². The Balaban J connectivity index is 2.12. The van der Waals surface area contributed by atoms with Crippen LogP contribution < -0.4 is 0 Å². The Bertz CT molecular complexity index is 723. The molecule has 2 bridgehead atoms. The van der Waals surface area contributed by atoms with Crippen LogP contribution in [0.4, 0.5) is 0 Å².